The van der Waals surface area contributed by atoms with Crippen molar-refractivity contribution < 1.29 is 14.7 Å². The second-order valence-electron chi connectivity index (χ2n) is 4.08. The van der Waals surface area contributed by atoms with Crippen molar-refractivity contribution in [1.29, 1.82) is 0 Å². The number of hydrogen-bond acceptors (Lipinski definition) is 3. The molecule has 1 rings (SSSR count). The van der Waals surface area contributed by atoms with E-state index in [1.54, 1.807) is 4.90 Å². The fourth-order valence-corrected chi connectivity index (χ4v) is 2.80. The molecule has 0 unspecified atom stereocenters. The summed E-state index contributed by atoms with van der Waals surface area (Å²) < 4.78 is 0. The minimum absolute atomic E-state index is 0.215. The van der Waals surface area contributed by atoms with Gasteiger partial charge in [-0.05, 0) is 13.8 Å². The molecular formula is C11H18N2O3S. The van der Waals surface area contributed by atoms with E-state index in [-0.39, 0.29) is 6.03 Å². The van der Waals surface area contributed by atoms with Crippen LogP contribution < -0.4 is 0 Å². The minimum atomic E-state index is -0.935. The lowest BCUT2D eigenvalue weighted by Gasteiger charge is -2.29. The van der Waals surface area contributed by atoms with E-state index in [4.69, 9.17) is 5.11 Å². The maximum atomic E-state index is 12.2. The van der Waals surface area contributed by atoms with E-state index in [2.05, 4.69) is 6.58 Å². The molecule has 1 saturated heterocycles. The Morgan fingerprint density at radius 1 is 1.59 bits per heavy atom. The van der Waals surface area contributed by atoms with Crippen molar-refractivity contribution in [1.82, 2.24) is 9.80 Å². The van der Waals surface area contributed by atoms with Gasteiger partial charge < -0.3 is 14.9 Å². The van der Waals surface area contributed by atoms with Crippen molar-refractivity contribution in [3.05, 3.63) is 12.2 Å². The lowest BCUT2D eigenvalue weighted by atomic mass is 10.3. The molecule has 0 aromatic rings. The van der Waals surface area contributed by atoms with Crippen molar-refractivity contribution in [2.45, 2.75) is 19.9 Å². The normalized spacial score (nSPS) is 19.2. The number of hydrogen-bond donors (Lipinski definition) is 1. The van der Waals surface area contributed by atoms with E-state index in [9.17, 15) is 9.59 Å². The van der Waals surface area contributed by atoms with Crippen LogP contribution in [0.3, 0.4) is 0 Å². The Kier molecular flexibility index (Phi) is 4.86. The van der Waals surface area contributed by atoms with Crippen LogP contribution >= 0.6 is 11.8 Å². The van der Waals surface area contributed by atoms with Gasteiger partial charge in [0.05, 0.1) is 5.88 Å². The van der Waals surface area contributed by atoms with E-state index in [1.165, 1.54) is 16.7 Å². The zero-order valence-electron chi connectivity index (χ0n) is 10.2. The van der Waals surface area contributed by atoms with Gasteiger partial charge in [0.2, 0.25) is 0 Å². The van der Waals surface area contributed by atoms with E-state index < -0.39 is 12.0 Å². The number of likely N-dealkylation sites (N-methyl/N-ethyl adjacent to an activating group) is 1. The molecule has 0 aliphatic carbocycles. The zero-order chi connectivity index (χ0) is 13.0. The van der Waals surface area contributed by atoms with E-state index in [0.29, 0.717) is 24.7 Å². The third kappa shape index (κ3) is 3.39. The van der Waals surface area contributed by atoms with Crippen LogP contribution in [0.25, 0.3) is 0 Å². The van der Waals surface area contributed by atoms with Crippen LogP contribution in [0.4, 0.5) is 4.79 Å². The molecule has 0 radical (unpaired) electrons. The van der Waals surface area contributed by atoms with Crippen LogP contribution in [-0.2, 0) is 4.79 Å². The summed E-state index contributed by atoms with van der Waals surface area (Å²) in [6.45, 7) is 8.53. The summed E-state index contributed by atoms with van der Waals surface area (Å²) in [5.41, 5.74) is 0.888. The minimum Gasteiger partial charge on any atom is -0.480 e. The summed E-state index contributed by atoms with van der Waals surface area (Å²) in [7, 11) is 0. The third-order valence-corrected chi connectivity index (χ3v) is 3.54. The Morgan fingerprint density at radius 3 is 2.71 bits per heavy atom. The van der Waals surface area contributed by atoms with Crippen LogP contribution in [0.1, 0.15) is 13.8 Å². The van der Waals surface area contributed by atoms with Gasteiger partial charge in [0, 0.05) is 18.8 Å². The van der Waals surface area contributed by atoms with Crippen molar-refractivity contribution in [3.63, 3.8) is 0 Å². The molecule has 5 nitrogen and oxygen atoms in total. The Hall–Kier alpha value is -1.17. The summed E-state index contributed by atoms with van der Waals surface area (Å²) >= 11 is 1.47. The fourth-order valence-electron chi connectivity index (χ4n) is 1.66. The van der Waals surface area contributed by atoms with Crippen molar-refractivity contribution >= 4 is 23.8 Å². The monoisotopic (exact) mass is 258 g/mol. The van der Waals surface area contributed by atoms with Crippen LogP contribution in [0, 0.1) is 0 Å². The highest BCUT2D eigenvalue weighted by molar-refractivity contribution is 7.99. The number of nitrogens with zero attached hydrogens (tertiary/aromatic N) is 2. The summed E-state index contributed by atoms with van der Waals surface area (Å²) in [4.78, 5) is 26.2. The fraction of sp³-hybridized carbons (Fsp3) is 0.636. The van der Waals surface area contributed by atoms with Gasteiger partial charge >= 0.3 is 12.0 Å². The van der Waals surface area contributed by atoms with Crippen LogP contribution in [0.2, 0.25) is 0 Å². The van der Waals surface area contributed by atoms with Crippen LogP contribution in [0.5, 0.6) is 0 Å². The van der Waals surface area contributed by atoms with Gasteiger partial charge in [-0.15, -0.1) is 11.8 Å². The van der Waals surface area contributed by atoms with Gasteiger partial charge in [-0.25, -0.2) is 9.59 Å². The number of urea groups is 1. The first-order valence-corrected chi connectivity index (χ1v) is 6.63. The Morgan fingerprint density at radius 2 is 2.24 bits per heavy atom. The molecule has 0 bridgehead atoms. The second-order valence-corrected chi connectivity index (χ2v) is 5.08. The van der Waals surface area contributed by atoms with Gasteiger partial charge in [0.1, 0.15) is 6.04 Å². The summed E-state index contributed by atoms with van der Waals surface area (Å²) in [5, 5.41) is 9.03. The molecule has 1 N–H and O–H groups in total. The Bertz CT molecular complexity index is 333. The zero-order valence-corrected chi connectivity index (χ0v) is 11.0. The number of aliphatic carboxylic acids is 1. The quantitative estimate of drug-likeness (QED) is 0.776. The van der Waals surface area contributed by atoms with E-state index in [0.717, 1.165) is 5.57 Å². The van der Waals surface area contributed by atoms with Gasteiger partial charge in [-0.1, -0.05) is 12.2 Å². The molecule has 96 valence electrons. The predicted molar refractivity (Wildman–Crippen MR) is 68.0 cm³/mol. The standard InChI is InChI=1S/C11H18N2O3S/c1-4-12(5-8(2)3)11(16)13-7-17-6-9(13)10(14)15/h9H,2,4-7H2,1,3H3,(H,14,15)/t9-/m0/s1. The van der Waals surface area contributed by atoms with E-state index >= 15 is 0 Å². The molecule has 0 aromatic carbocycles. The molecule has 0 saturated carbocycles. The third-order valence-electron chi connectivity index (χ3n) is 2.53. The molecule has 6 heteroatoms. The largest absolute Gasteiger partial charge is 0.480 e. The first-order chi connectivity index (χ1) is 7.97. The van der Waals surface area contributed by atoms with Gasteiger partial charge in [0.15, 0.2) is 0 Å². The molecule has 0 aromatic heterocycles. The average molecular weight is 258 g/mol. The maximum Gasteiger partial charge on any atom is 0.327 e. The first kappa shape index (κ1) is 13.9. The predicted octanol–water partition coefficient (Wildman–Crippen LogP) is 1.46. The Labute approximate surface area is 105 Å². The van der Waals surface area contributed by atoms with Gasteiger partial charge in [-0.3, -0.25) is 0 Å². The number of carboxylic acids is 1. The summed E-state index contributed by atoms with van der Waals surface area (Å²) in [6, 6.07) is -0.917. The molecular weight excluding hydrogens is 240 g/mol. The molecule has 1 fully saturated rings. The lowest BCUT2D eigenvalue weighted by molar-refractivity contribution is -0.140. The number of carboxylic acid groups (broad SMARTS) is 1. The lowest BCUT2D eigenvalue weighted by Crippen LogP contribution is -2.49. The molecule has 1 aliphatic rings. The molecule has 2 amide bonds. The summed E-state index contributed by atoms with van der Waals surface area (Å²) in [5.74, 6) is -0.0245. The number of carbonyl (C=O) groups excluding carboxylic acids is 1. The highest BCUT2D eigenvalue weighted by atomic mass is 32.2. The number of amides is 2. The average Bonchev–Trinajstić information content (AvgIpc) is 2.73. The van der Waals surface area contributed by atoms with Crippen molar-refractivity contribution in [3.8, 4) is 0 Å². The SMILES string of the molecule is C=C(C)CN(CC)C(=O)N1CSC[C@H]1C(=O)O. The van der Waals surface area contributed by atoms with E-state index in [1.807, 2.05) is 13.8 Å². The van der Waals surface area contributed by atoms with Crippen LogP contribution in [0.15, 0.2) is 12.2 Å². The van der Waals surface area contributed by atoms with Gasteiger partial charge in [0.25, 0.3) is 0 Å². The maximum absolute atomic E-state index is 12.2. The smallest absolute Gasteiger partial charge is 0.327 e. The number of rotatable bonds is 4. The first-order valence-electron chi connectivity index (χ1n) is 5.47. The molecule has 1 atom stereocenters. The molecule has 1 heterocycles. The summed E-state index contributed by atoms with van der Waals surface area (Å²) in [6.07, 6.45) is 0. The number of carbonyl (C=O) groups is 2. The molecule has 0 spiro atoms. The molecule has 1 aliphatic heterocycles. The number of thioether (sulfide) groups is 1. The van der Waals surface area contributed by atoms with Gasteiger partial charge in [-0.2, -0.15) is 0 Å². The highest BCUT2D eigenvalue weighted by Crippen LogP contribution is 2.22. The van der Waals surface area contributed by atoms with Crippen LogP contribution in [-0.4, -0.2) is 57.7 Å². The van der Waals surface area contributed by atoms with Crippen molar-refractivity contribution in [2.75, 3.05) is 24.7 Å². The highest BCUT2D eigenvalue weighted by Gasteiger charge is 2.36. The van der Waals surface area contributed by atoms with Crippen molar-refractivity contribution in [2.24, 2.45) is 0 Å². The Balaban J connectivity index is 2.73. The second kappa shape index (κ2) is 5.95. The topological polar surface area (TPSA) is 60.9 Å². The molecule has 17 heavy (non-hydrogen) atoms.